The van der Waals surface area contributed by atoms with E-state index in [0.717, 1.165) is 5.56 Å². The second kappa shape index (κ2) is 3.10. The standard InChI is InChI=1S/C9H11NO/c1-7(10)9(11)8-5-3-2-4-6-8/h2-6,11H,10H2,1H3. The summed E-state index contributed by atoms with van der Waals surface area (Å²) in [5.74, 6) is 0.158. The lowest BCUT2D eigenvalue weighted by atomic mass is 10.2. The monoisotopic (exact) mass is 149 g/mol. The van der Waals surface area contributed by atoms with Crippen molar-refractivity contribution < 1.29 is 5.11 Å². The third kappa shape index (κ3) is 1.74. The second-order valence-electron chi connectivity index (χ2n) is 2.40. The van der Waals surface area contributed by atoms with Crippen molar-refractivity contribution in [3.63, 3.8) is 0 Å². The van der Waals surface area contributed by atoms with Gasteiger partial charge in [0.25, 0.3) is 0 Å². The fourth-order valence-corrected chi connectivity index (χ4v) is 0.824. The predicted octanol–water partition coefficient (Wildman–Crippen LogP) is 1.89. The molecule has 1 aromatic carbocycles. The van der Waals surface area contributed by atoms with Gasteiger partial charge < -0.3 is 10.8 Å². The number of aliphatic hydroxyl groups is 1. The minimum absolute atomic E-state index is 0.158. The van der Waals surface area contributed by atoms with E-state index in [4.69, 9.17) is 5.73 Å². The molecule has 0 amide bonds. The van der Waals surface area contributed by atoms with Crippen LogP contribution in [-0.4, -0.2) is 5.11 Å². The van der Waals surface area contributed by atoms with Crippen LogP contribution in [-0.2, 0) is 0 Å². The van der Waals surface area contributed by atoms with Gasteiger partial charge in [-0.2, -0.15) is 0 Å². The number of hydrogen-bond acceptors (Lipinski definition) is 2. The molecule has 0 spiro atoms. The van der Waals surface area contributed by atoms with Crippen LogP contribution in [0, 0.1) is 0 Å². The highest BCUT2D eigenvalue weighted by atomic mass is 16.3. The maximum atomic E-state index is 9.35. The summed E-state index contributed by atoms with van der Waals surface area (Å²) in [4.78, 5) is 0. The zero-order valence-electron chi connectivity index (χ0n) is 6.41. The Hall–Kier alpha value is -1.44. The molecule has 0 radical (unpaired) electrons. The maximum Gasteiger partial charge on any atom is 0.141 e. The largest absolute Gasteiger partial charge is 0.506 e. The second-order valence-corrected chi connectivity index (χ2v) is 2.40. The van der Waals surface area contributed by atoms with Gasteiger partial charge in [-0.25, -0.2) is 0 Å². The van der Waals surface area contributed by atoms with E-state index in [0.29, 0.717) is 5.70 Å². The first-order valence-corrected chi connectivity index (χ1v) is 3.42. The first-order valence-electron chi connectivity index (χ1n) is 3.42. The van der Waals surface area contributed by atoms with Gasteiger partial charge in [0.05, 0.1) is 0 Å². The molecule has 0 heterocycles. The normalized spacial score (nSPS) is 12.5. The maximum absolute atomic E-state index is 9.35. The van der Waals surface area contributed by atoms with Gasteiger partial charge in [0, 0.05) is 11.3 Å². The van der Waals surface area contributed by atoms with E-state index < -0.39 is 0 Å². The molecule has 0 aliphatic heterocycles. The molecule has 11 heavy (non-hydrogen) atoms. The van der Waals surface area contributed by atoms with E-state index in [9.17, 15) is 5.11 Å². The summed E-state index contributed by atoms with van der Waals surface area (Å²) in [5.41, 5.74) is 6.60. The summed E-state index contributed by atoms with van der Waals surface area (Å²) in [6.45, 7) is 1.67. The van der Waals surface area contributed by atoms with Crippen LogP contribution in [0.25, 0.3) is 5.76 Å². The molecule has 0 saturated heterocycles. The smallest absolute Gasteiger partial charge is 0.141 e. The van der Waals surface area contributed by atoms with Crippen LogP contribution in [0.15, 0.2) is 36.0 Å². The quantitative estimate of drug-likeness (QED) is 0.599. The van der Waals surface area contributed by atoms with Crippen molar-refractivity contribution in [1.29, 1.82) is 0 Å². The van der Waals surface area contributed by atoms with Gasteiger partial charge in [0.2, 0.25) is 0 Å². The summed E-state index contributed by atoms with van der Waals surface area (Å²) < 4.78 is 0. The lowest BCUT2D eigenvalue weighted by Gasteiger charge is -2.00. The molecule has 0 atom stereocenters. The third-order valence-corrected chi connectivity index (χ3v) is 1.42. The van der Waals surface area contributed by atoms with Gasteiger partial charge in [-0.1, -0.05) is 30.3 Å². The molecule has 1 rings (SSSR count). The first-order chi connectivity index (χ1) is 5.22. The molecule has 2 nitrogen and oxygen atoms in total. The number of benzene rings is 1. The van der Waals surface area contributed by atoms with Crippen molar-refractivity contribution in [2.45, 2.75) is 6.92 Å². The Kier molecular flexibility index (Phi) is 2.16. The Morgan fingerprint density at radius 1 is 1.27 bits per heavy atom. The number of rotatable bonds is 1. The highest BCUT2D eigenvalue weighted by molar-refractivity contribution is 5.60. The Morgan fingerprint density at radius 2 is 1.82 bits per heavy atom. The van der Waals surface area contributed by atoms with Crippen LogP contribution in [0.5, 0.6) is 0 Å². The highest BCUT2D eigenvalue weighted by Crippen LogP contribution is 2.11. The Balaban J connectivity index is 3.04. The molecule has 0 fully saturated rings. The number of allylic oxidation sites excluding steroid dienone is 1. The van der Waals surface area contributed by atoms with Gasteiger partial charge in [0.15, 0.2) is 0 Å². The average molecular weight is 149 g/mol. The molecule has 0 aliphatic rings. The SMILES string of the molecule is CC(N)=C(O)c1ccccc1. The van der Waals surface area contributed by atoms with Crippen LogP contribution >= 0.6 is 0 Å². The van der Waals surface area contributed by atoms with E-state index in [-0.39, 0.29) is 5.76 Å². The minimum Gasteiger partial charge on any atom is -0.506 e. The van der Waals surface area contributed by atoms with Crippen LogP contribution < -0.4 is 5.73 Å². The predicted molar refractivity (Wildman–Crippen MR) is 45.9 cm³/mol. The van der Waals surface area contributed by atoms with E-state index in [1.54, 1.807) is 6.92 Å². The molecule has 0 aliphatic carbocycles. The lowest BCUT2D eigenvalue weighted by molar-refractivity contribution is 0.505. The first kappa shape index (κ1) is 7.66. The number of aliphatic hydroxyl groups excluding tert-OH is 1. The fraction of sp³-hybridized carbons (Fsp3) is 0.111. The van der Waals surface area contributed by atoms with Gasteiger partial charge in [-0.05, 0) is 6.92 Å². The summed E-state index contributed by atoms with van der Waals surface area (Å²) in [5, 5.41) is 9.35. The van der Waals surface area contributed by atoms with Crippen LogP contribution in [0.3, 0.4) is 0 Å². The Labute approximate surface area is 66.0 Å². The van der Waals surface area contributed by atoms with Crippen molar-refractivity contribution in [1.82, 2.24) is 0 Å². The summed E-state index contributed by atoms with van der Waals surface area (Å²) in [7, 11) is 0. The van der Waals surface area contributed by atoms with Crippen LogP contribution in [0.4, 0.5) is 0 Å². The third-order valence-electron chi connectivity index (χ3n) is 1.42. The molecule has 0 bridgehead atoms. The minimum atomic E-state index is 0.158. The molecular formula is C9H11NO. The van der Waals surface area contributed by atoms with Gasteiger partial charge in [-0.3, -0.25) is 0 Å². The molecule has 0 aromatic heterocycles. The Bertz CT molecular complexity index is 260. The van der Waals surface area contributed by atoms with Crippen molar-refractivity contribution in [2.75, 3.05) is 0 Å². The lowest BCUT2D eigenvalue weighted by Crippen LogP contribution is -1.96. The van der Waals surface area contributed by atoms with E-state index in [1.807, 2.05) is 30.3 Å². The van der Waals surface area contributed by atoms with Crippen molar-refractivity contribution in [3.8, 4) is 0 Å². The van der Waals surface area contributed by atoms with Gasteiger partial charge in [0.1, 0.15) is 5.76 Å². The fourth-order valence-electron chi connectivity index (χ4n) is 0.824. The molecule has 0 saturated carbocycles. The van der Waals surface area contributed by atoms with Crippen LogP contribution in [0.2, 0.25) is 0 Å². The molecule has 2 heteroatoms. The van der Waals surface area contributed by atoms with E-state index in [2.05, 4.69) is 0 Å². The molecule has 58 valence electrons. The van der Waals surface area contributed by atoms with Crippen molar-refractivity contribution in [3.05, 3.63) is 41.6 Å². The average Bonchev–Trinajstić information content (AvgIpc) is 2.05. The highest BCUT2D eigenvalue weighted by Gasteiger charge is 1.97. The van der Waals surface area contributed by atoms with Crippen LogP contribution in [0.1, 0.15) is 12.5 Å². The molecule has 1 aromatic rings. The van der Waals surface area contributed by atoms with E-state index in [1.165, 1.54) is 0 Å². The zero-order chi connectivity index (χ0) is 8.27. The van der Waals surface area contributed by atoms with Crippen molar-refractivity contribution in [2.24, 2.45) is 5.73 Å². The molecule has 3 N–H and O–H groups in total. The topological polar surface area (TPSA) is 46.2 Å². The number of nitrogens with two attached hydrogens (primary N) is 1. The molecule has 0 unspecified atom stereocenters. The summed E-state index contributed by atoms with van der Waals surface area (Å²) in [6.07, 6.45) is 0. The molecular weight excluding hydrogens is 138 g/mol. The Morgan fingerprint density at radius 3 is 2.27 bits per heavy atom. The number of hydrogen-bond donors (Lipinski definition) is 2. The zero-order valence-corrected chi connectivity index (χ0v) is 6.41. The van der Waals surface area contributed by atoms with E-state index >= 15 is 0 Å². The van der Waals surface area contributed by atoms with Crippen molar-refractivity contribution >= 4 is 5.76 Å². The summed E-state index contributed by atoms with van der Waals surface area (Å²) in [6, 6.07) is 9.23. The van der Waals surface area contributed by atoms with Gasteiger partial charge >= 0.3 is 0 Å². The van der Waals surface area contributed by atoms with Gasteiger partial charge in [-0.15, -0.1) is 0 Å². The summed E-state index contributed by atoms with van der Waals surface area (Å²) >= 11 is 0.